The number of hydrogen-bond acceptors (Lipinski definition) is 4. The average molecular weight is 535 g/mol. The molecule has 11 heteroatoms. The number of hydrogen-bond donors (Lipinski definition) is 3. The molecule has 36 heavy (non-hydrogen) atoms. The highest BCUT2D eigenvalue weighted by molar-refractivity contribution is 8.00. The van der Waals surface area contributed by atoms with Gasteiger partial charge in [-0.15, -0.1) is 11.8 Å². The molecule has 2 amide bonds. The topological polar surface area (TPSA) is 95.5 Å². The Labute approximate surface area is 213 Å². The maximum absolute atomic E-state index is 13.5. The Hall–Kier alpha value is -3.76. The Morgan fingerprint density at radius 2 is 1.64 bits per heavy atom. The van der Waals surface area contributed by atoms with E-state index in [1.165, 1.54) is 6.07 Å². The molecule has 0 radical (unpaired) electrons. The van der Waals surface area contributed by atoms with Gasteiger partial charge in [-0.1, -0.05) is 48.0 Å². The summed E-state index contributed by atoms with van der Waals surface area (Å²) in [5, 5.41) is 12.4. The van der Waals surface area contributed by atoms with Crippen LogP contribution in [0.25, 0.3) is 0 Å². The lowest BCUT2D eigenvalue weighted by Gasteiger charge is -2.20. The highest BCUT2D eigenvalue weighted by Crippen LogP contribution is 2.40. The van der Waals surface area contributed by atoms with E-state index in [1.807, 2.05) is 0 Å². The van der Waals surface area contributed by atoms with Crippen LogP contribution in [0.2, 0.25) is 5.02 Å². The van der Waals surface area contributed by atoms with E-state index < -0.39 is 40.5 Å². The minimum atomic E-state index is -4.73. The molecule has 0 heterocycles. The fraction of sp³-hybridized carbons (Fsp3) is 0.0800. The van der Waals surface area contributed by atoms with Gasteiger partial charge in [-0.3, -0.25) is 9.59 Å². The highest BCUT2D eigenvalue weighted by atomic mass is 35.5. The quantitative estimate of drug-likeness (QED) is 0.229. The minimum absolute atomic E-state index is 0.119. The van der Waals surface area contributed by atoms with Crippen LogP contribution >= 0.6 is 23.4 Å². The van der Waals surface area contributed by atoms with Crippen molar-refractivity contribution < 1.29 is 32.7 Å². The molecule has 0 saturated heterocycles. The summed E-state index contributed by atoms with van der Waals surface area (Å²) >= 11 is 6.79. The minimum Gasteiger partial charge on any atom is -0.478 e. The lowest BCUT2D eigenvalue weighted by Crippen LogP contribution is -2.21. The van der Waals surface area contributed by atoms with Gasteiger partial charge in [0.2, 0.25) is 11.8 Å². The number of amides is 2. The number of alkyl halides is 3. The molecule has 1 atom stereocenters. The molecular weight excluding hydrogens is 517 g/mol. The monoisotopic (exact) mass is 534 g/mol. The number of nitrogens with one attached hydrogen (secondary N) is 2. The van der Waals surface area contributed by atoms with E-state index in [-0.39, 0.29) is 5.02 Å². The summed E-state index contributed by atoms with van der Waals surface area (Å²) in [6, 6.07) is 18.0. The van der Waals surface area contributed by atoms with E-state index in [0.717, 1.165) is 30.0 Å². The molecule has 1 unspecified atom stereocenters. The van der Waals surface area contributed by atoms with Gasteiger partial charge >= 0.3 is 12.1 Å². The van der Waals surface area contributed by atoms with Crippen molar-refractivity contribution in [1.29, 1.82) is 0 Å². The van der Waals surface area contributed by atoms with Crippen LogP contribution in [0.5, 0.6) is 0 Å². The summed E-state index contributed by atoms with van der Waals surface area (Å²) < 4.78 is 40.5. The van der Waals surface area contributed by atoms with E-state index in [9.17, 15) is 27.6 Å². The Morgan fingerprint density at radius 1 is 0.917 bits per heavy atom. The van der Waals surface area contributed by atoms with Crippen molar-refractivity contribution >= 4 is 52.5 Å². The van der Waals surface area contributed by atoms with Crippen molar-refractivity contribution in [3.63, 3.8) is 0 Å². The molecule has 0 spiro atoms. The highest BCUT2D eigenvalue weighted by Gasteiger charge is 2.35. The third kappa shape index (κ3) is 7.62. The SMILES string of the molecule is O=C(O)/C=C/C(=O)Nc1cccc(SC(C(=O)Nc2ccc(Cl)cc2C(F)(F)F)c2ccccc2)c1. The van der Waals surface area contributed by atoms with Gasteiger partial charge in [0.15, 0.2) is 0 Å². The van der Waals surface area contributed by atoms with Crippen molar-refractivity contribution in [1.82, 2.24) is 0 Å². The zero-order chi connectivity index (χ0) is 26.3. The first-order valence-corrected chi connectivity index (χ1v) is 11.5. The molecule has 6 nitrogen and oxygen atoms in total. The molecule has 3 aromatic rings. The second-order valence-corrected chi connectivity index (χ2v) is 8.89. The Kier molecular flexibility index (Phi) is 8.78. The molecule has 0 saturated carbocycles. The van der Waals surface area contributed by atoms with E-state index in [0.29, 0.717) is 22.2 Å². The van der Waals surface area contributed by atoms with Crippen LogP contribution in [0, 0.1) is 0 Å². The summed E-state index contributed by atoms with van der Waals surface area (Å²) in [6.45, 7) is 0. The van der Waals surface area contributed by atoms with Crippen LogP contribution < -0.4 is 10.6 Å². The van der Waals surface area contributed by atoms with Crippen molar-refractivity contribution in [2.45, 2.75) is 16.3 Å². The lowest BCUT2D eigenvalue weighted by molar-refractivity contribution is -0.137. The number of aliphatic carboxylic acids is 1. The number of carbonyl (C=O) groups excluding carboxylic acids is 2. The van der Waals surface area contributed by atoms with Crippen LogP contribution in [0.3, 0.4) is 0 Å². The van der Waals surface area contributed by atoms with Gasteiger partial charge in [0.25, 0.3) is 0 Å². The smallest absolute Gasteiger partial charge is 0.418 e. The summed E-state index contributed by atoms with van der Waals surface area (Å²) in [5.41, 5.74) is -0.616. The molecule has 0 aliphatic heterocycles. The largest absolute Gasteiger partial charge is 0.478 e. The summed E-state index contributed by atoms with van der Waals surface area (Å²) in [4.78, 5) is 36.2. The van der Waals surface area contributed by atoms with Gasteiger partial charge in [-0.25, -0.2) is 4.79 Å². The second kappa shape index (κ2) is 11.8. The second-order valence-electron chi connectivity index (χ2n) is 7.27. The van der Waals surface area contributed by atoms with Crippen LogP contribution in [-0.4, -0.2) is 22.9 Å². The van der Waals surface area contributed by atoms with Crippen molar-refractivity contribution in [3.05, 3.63) is 101 Å². The molecule has 0 bridgehead atoms. The lowest BCUT2D eigenvalue weighted by atomic mass is 10.1. The number of halogens is 4. The first kappa shape index (κ1) is 26.8. The standard InChI is InChI=1S/C25H18ClF3N2O4S/c26-16-9-10-20(19(13-16)25(27,28)29)31-24(35)23(15-5-2-1-3-6-15)36-18-8-4-7-17(14-18)30-21(32)11-12-22(33)34/h1-14,23H,(H,30,32)(H,31,35)(H,33,34)/b12-11+. The number of anilines is 2. The number of carboxylic acids is 1. The molecule has 0 fully saturated rings. The number of rotatable bonds is 8. The van der Waals surface area contributed by atoms with Crippen LogP contribution in [0.1, 0.15) is 16.4 Å². The van der Waals surface area contributed by atoms with Gasteiger partial charge in [0.1, 0.15) is 5.25 Å². The van der Waals surface area contributed by atoms with Crippen molar-refractivity contribution in [2.24, 2.45) is 0 Å². The van der Waals surface area contributed by atoms with Gasteiger partial charge in [-0.2, -0.15) is 13.2 Å². The molecule has 3 N–H and O–H groups in total. The maximum atomic E-state index is 13.5. The molecule has 0 aromatic heterocycles. The Bertz CT molecular complexity index is 1300. The summed E-state index contributed by atoms with van der Waals surface area (Å²) in [7, 11) is 0. The van der Waals surface area contributed by atoms with Crippen molar-refractivity contribution in [3.8, 4) is 0 Å². The predicted octanol–water partition coefficient (Wildman–Crippen LogP) is 6.41. The normalized spacial score (nSPS) is 12.2. The average Bonchev–Trinajstić information content (AvgIpc) is 2.82. The third-order valence-electron chi connectivity index (χ3n) is 4.62. The van der Waals surface area contributed by atoms with Crippen molar-refractivity contribution in [2.75, 3.05) is 10.6 Å². The van der Waals surface area contributed by atoms with Gasteiger partial charge in [0, 0.05) is 27.8 Å². The third-order valence-corrected chi connectivity index (χ3v) is 6.10. The Balaban J connectivity index is 1.87. The summed E-state index contributed by atoms with van der Waals surface area (Å²) in [5.74, 6) is -2.64. The number of carboxylic acid groups (broad SMARTS) is 1. The maximum Gasteiger partial charge on any atom is 0.418 e. The predicted molar refractivity (Wildman–Crippen MR) is 132 cm³/mol. The van der Waals surface area contributed by atoms with E-state index >= 15 is 0 Å². The van der Waals surface area contributed by atoms with Gasteiger partial charge < -0.3 is 15.7 Å². The zero-order valence-electron chi connectivity index (χ0n) is 18.3. The van der Waals surface area contributed by atoms with E-state index in [1.54, 1.807) is 54.6 Å². The molecule has 0 aliphatic carbocycles. The van der Waals surface area contributed by atoms with Crippen LogP contribution in [-0.2, 0) is 20.6 Å². The molecule has 3 rings (SSSR count). The molecule has 0 aliphatic rings. The Morgan fingerprint density at radius 3 is 2.31 bits per heavy atom. The number of thioether (sulfide) groups is 1. The van der Waals surface area contributed by atoms with Crippen LogP contribution in [0.4, 0.5) is 24.5 Å². The van der Waals surface area contributed by atoms with Gasteiger partial charge in [0.05, 0.1) is 11.3 Å². The number of benzene rings is 3. The fourth-order valence-corrected chi connectivity index (χ4v) is 4.33. The van der Waals surface area contributed by atoms with Crippen LogP contribution in [0.15, 0.2) is 89.8 Å². The molecular formula is C25H18ClF3N2O4S. The molecule has 3 aromatic carbocycles. The first-order chi connectivity index (χ1) is 17.0. The van der Waals surface area contributed by atoms with E-state index in [2.05, 4.69) is 10.6 Å². The summed E-state index contributed by atoms with van der Waals surface area (Å²) in [6.07, 6.45) is -3.19. The molecule has 186 valence electrons. The zero-order valence-corrected chi connectivity index (χ0v) is 19.8. The van der Waals surface area contributed by atoms with E-state index in [4.69, 9.17) is 16.7 Å². The number of carbonyl (C=O) groups is 3. The first-order valence-electron chi connectivity index (χ1n) is 10.2. The fourth-order valence-electron chi connectivity index (χ4n) is 3.07. The van der Waals surface area contributed by atoms with Gasteiger partial charge in [-0.05, 0) is 42.0 Å².